The first kappa shape index (κ1) is 14.2. The zero-order valence-corrected chi connectivity index (χ0v) is 11.4. The molecule has 0 aromatic heterocycles. The quantitative estimate of drug-likeness (QED) is 0.877. The number of hydrogen-bond acceptors (Lipinski definition) is 2. The number of carbonyl (C=O) groups is 2. The number of anilines is 1. The van der Waals surface area contributed by atoms with Crippen molar-refractivity contribution in [2.45, 2.75) is 6.92 Å². The Labute approximate surface area is 120 Å². The summed E-state index contributed by atoms with van der Waals surface area (Å²) in [5.41, 5.74) is 1.22. The number of amides is 1. The van der Waals surface area contributed by atoms with E-state index >= 15 is 0 Å². The van der Waals surface area contributed by atoms with Crippen LogP contribution in [0.5, 0.6) is 0 Å². The van der Waals surface area contributed by atoms with E-state index in [2.05, 4.69) is 5.32 Å². The number of carbonyl (C=O) groups excluding carboxylic acids is 2. The van der Waals surface area contributed by atoms with Crippen molar-refractivity contribution in [3.05, 3.63) is 64.4 Å². The summed E-state index contributed by atoms with van der Waals surface area (Å²) in [6, 6.07) is 10.3. The second-order valence-electron chi connectivity index (χ2n) is 4.22. The molecule has 0 radical (unpaired) electrons. The van der Waals surface area contributed by atoms with Crippen molar-refractivity contribution in [3.8, 4) is 0 Å². The molecule has 5 heteroatoms. The summed E-state index contributed by atoms with van der Waals surface area (Å²) >= 11 is 5.57. The van der Waals surface area contributed by atoms with Gasteiger partial charge in [0.05, 0.1) is 5.02 Å². The molecular formula is C15H11ClFNO2. The molecule has 102 valence electrons. The van der Waals surface area contributed by atoms with Gasteiger partial charge < -0.3 is 5.32 Å². The van der Waals surface area contributed by atoms with Crippen molar-refractivity contribution in [1.29, 1.82) is 0 Å². The van der Waals surface area contributed by atoms with Crippen LogP contribution in [0, 0.1) is 5.82 Å². The smallest absolute Gasteiger partial charge is 0.221 e. The number of nitrogens with one attached hydrogen (secondary N) is 1. The summed E-state index contributed by atoms with van der Waals surface area (Å²) in [6.45, 7) is 1.40. The lowest BCUT2D eigenvalue weighted by molar-refractivity contribution is -0.114. The Balaban J connectivity index is 2.24. The number of halogens is 2. The van der Waals surface area contributed by atoms with E-state index in [0.717, 1.165) is 6.07 Å². The van der Waals surface area contributed by atoms with Crippen LogP contribution in [-0.4, -0.2) is 11.7 Å². The van der Waals surface area contributed by atoms with Gasteiger partial charge in [0.1, 0.15) is 5.82 Å². The number of benzene rings is 2. The summed E-state index contributed by atoms with van der Waals surface area (Å²) in [6.07, 6.45) is 0. The van der Waals surface area contributed by atoms with Crippen LogP contribution in [0.4, 0.5) is 10.1 Å². The minimum Gasteiger partial charge on any atom is -0.326 e. The standard InChI is InChI=1S/C15H11ClFNO2/c1-9(19)18-12-5-2-10(3-6-12)15(20)11-4-7-13(16)14(17)8-11/h2-8H,1H3,(H,18,19). The fraction of sp³-hybridized carbons (Fsp3) is 0.0667. The van der Waals surface area contributed by atoms with Gasteiger partial charge in [-0.1, -0.05) is 11.6 Å². The molecule has 2 aromatic carbocycles. The molecule has 1 N–H and O–H groups in total. The summed E-state index contributed by atoms with van der Waals surface area (Å²) in [7, 11) is 0. The van der Waals surface area contributed by atoms with Gasteiger partial charge in [0.15, 0.2) is 5.78 Å². The summed E-state index contributed by atoms with van der Waals surface area (Å²) in [5, 5.41) is 2.57. The molecule has 0 saturated heterocycles. The van der Waals surface area contributed by atoms with Crippen molar-refractivity contribution >= 4 is 29.0 Å². The molecule has 2 aromatic rings. The lowest BCUT2D eigenvalue weighted by Crippen LogP contribution is -2.06. The summed E-state index contributed by atoms with van der Waals surface area (Å²) < 4.78 is 13.3. The monoisotopic (exact) mass is 291 g/mol. The van der Waals surface area contributed by atoms with Gasteiger partial charge in [-0.2, -0.15) is 0 Å². The van der Waals surface area contributed by atoms with Crippen LogP contribution in [0.25, 0.3) is 0 Å². The Bertz CT molecular complexity index is 668. The van der Waals surface area contributed by atoms with Crippen LogP contribution in [0.2, 0.25) is 5.02 Å². The van der Waals surface area contributed by atoms with Gasteiger partial charge in [0, 0.05) is 23.7 Å². The van der Waals surface area contributed by atoms with Crippen LogP contribution in [0.3, 0.4) is 0 Å². The molecule has 0 spiro atoms. The molecule has 20 heavy (non-hydrogen) atoms. The Morgan fingerprint density at radius 3 is 2.20 bits per heavy atom. The zero-order valence-electron chi connectivity index (χ0n) is 10.6. The average molecular weight is 292 g/mol. The fourth-order valence-electron chi connectivity index (χ4n) is 1.71. The van der Waals surface area contributed by atoms with Crippen molar-refractivity contribution < 1.29 is 14.0 Å². The fourth-order valence-corrected chi connectivity index (χ4v) is 1.83. The molecule has 0 saturated carbocycles. The predicted octanol–water partition coefficient (Wildman–Crippen LogP) is 3.67. The molecule has 0 atom stereocenters. The maximum atomic E-state index is 13.3. The molecule has 0 aliphatic rings. The minimum absolute atomic E-state index is 0.0254. The summed E-state index contributed by atoms with van der Waals surface area (Å²) in [5.74, 6) is -1.13. The molecule has 0 heterocycles. The highest BCUT2D eigenvalue weighted by atomic mass is 35.5. The van der Waals surface area contributed by atoms with E-state index in [-0.39, 0.29) is 22.3 Å². The van der Waals surface area contributed by atoms with Crippen LogP contribution < -0.4 is 5.32 Å². The molecule has 0 bridgehead atoms. The molecule has 0 aliphatic heterocycles. The van der Waals surface area contributed by atoms with Crippen LogP contribution in [-0.2, 0) is 4.79 Å². The maximum absolute atomic E-state index is 13.3. The third kappa shape index (κ3) is 3.22. The van der Waals surface area contributed by atoms with E-state index in [1.807, 2.05) is 0 Å². The molecule has 0 unspecified atom stereocenters. The first-order valence-electron chi connectivity index (χ1n) is 5.85. The van der Waals surface area contributed by atoms with Crippen LogP contribution >= 0.6 is 11.6 Å². The molecule has 2 rings (SSSR count). The van der Waals surface area contributed by atoms with Gasteiger partial charge in [0.2, 0.25) is 5.91 Å². The second-order valence-corrected chi connectivity index (χ2v) is 4.62. The van der Waals surface area contributed by atoms with Crippen LogP contribution in [0.15, 0.2) is 42.5 Å². The van der Waals surface area contributed by atoms with E-state index in [9.17, 15) is 14.0 Å². The van der Waals surface area contributed by atoms with Gasteiger partial charge in [-0.15, -0.1) is 0 Å². The van der Waals surface area contributed by atoms with Crippen molar-refractivity contribution in [3.63, 3.8) is 0 Å². The minimum atomic E-state index is -0.632. The van der Waals surface area contributed by atoms with Gasteiger partial charge in [-0.05, 0) is 42.5 Å². The van der Waals surface area contributed by atoms with Gasteiger partial charge in [-0.3, -0.25) is 9.59 Å². The molecule has 0 aliphatic carbocycles. The zero-order chi connectivity index (χ0) is 14.7. The van der Waals surface area contributed by atoms with E-state index < -0.39 is 5.82 Å². The van der Waals surface area contributed by atoms with Crippen molar-refractivity contribution in [1.82, 2.24) is 0 Å². The van der Waals surface area contributed by atoms with Crippen molar-refractivity contribution in [2.24, 2.45) is 0 Å². The van der Waals surface area contributed by atoms with E-state index in [1.165, 1.54) is 19.1 Å². The largest absolute Gasteiger partial charge is 0.326 e. The van der Waals surface area contributed by atoms with Gasteiger partial charge in [-0.25, -0.2) is 4.39 Å². The second kappa shape index (κ2) is 5.84. The lowest BCUT2D eigenvalue weighted by atomic mass is 10.0. The number of rotatable bonds is 3. The Kier molecular flexibility index (Phi) is 4.15. The van der Waals surface area contributed by atoms with E-state index in [4.69, 9.17) is 11.6 Å². The normalized spacial score (nSPS) is 10.2. The third-order valence-corrected chi connectivity index (χ3v) is 2.96. The average Bonchev–Trinajstić information content (AvgIpc) is 2.41. The Morgan fingerprint density at radius 2 is 1.65 bits per heavy atom. The molecule has 1 amide bonds. The van der Waals surface area contributed by atoms with Crippen LogP contribution in [0.1, 0.15) is 22.8 Å². The lowest BCUT2D eigenvalue weighted by Gasteiger charge is -2.05. The van der Waals surface area contributed by atoms with Gasteiger partial charge in [0.25, 0.3) is 0 Å². The van der Waals surface area contributed by atoms with E-state index in [1.54, 1.807) is 24.3 Å². The Morgan fingerprint density at radius 1 is 1.05 bits per heavy atom. The molecule has 0 fully saturated rings. The first-order chi connectivity index (χ1) is 9.47. The third-order valence-electron chi connectivity index (χ3n) is 2.65. The molecular weight excluding hydrogens is 281 g/mol. The highest BCUT2D eigenvalue weighted by Gasteiger charge is 2.11. The Hall–Kier alpha value is -2.20. The highest BCUT2D eigenvalue weighted by Crippen LogP contribution is 2.19. The van der Waals surface area contributed by atoms with Gasteiger partial charge >= 0.3 is 0 Å². The summed E-state index contributed by atoms with van der Waals surface area (Å²) in [4.78, 5) is 23.0. The first-order valence-corrected chi connectivity index (χ1v) is 6.22. The van der Waals surface area contributed by atoms with E-state index in [0.29, 0.717) is 11.3 Å². The predicted molar refractivity (Wildman–Crippen MR) is 75.6 cm³/mol. The number of hydrogen-bond donors (Lipinski definition) is 1. The molecule has 3 nitrogen and oxygen atoms in total. The number of ketones is 1. The SMILES string of the molecule is CC(=O)Nc1ccc(C(=O)c2ccc(Cl)c(F)c2)cc1. The van der Waals surface area contributed by atoms with Crippen molar-refractivity contribution in [2.75, 3.05) is 5.32 Å². The topological polar surface area (TPSA) is 46.2 Å². The maximum Gasteiger partial charge on any atom is 0.221 e. The highest BCUT2D eigenvalue weighted by molar-refractivity contribution is 6.30.